The average Bonchev–Trinajstić information content (AvgIpc) is 2.30. The molecule has 3 nitrogen and oxygen atoms in total. The molecule has 0 spiro atoms. The molecule has 1 aliphatic heterocycles. The van der Waals surface area contributed by atoms with E-state index in [-0.39, 0.29) is 11.7 Å². The third-order valence-electron chi connectivity index (χ3n) is 2.57. The van der Waals surface area contributed by atoms with Crippen molar-refractivity contribution in [3.05, 3.63) is 41.4 Å². The number of amides is 1. The summed E-state index contributed by atoms with van der Waals surface area (Å²) in [5.41, 5.74) is 1.93. The molecule has 4 heteroatoms. The first-order chi connectivity index (χ1) is 8.09. The highest BCUT2D eigenvalue weighted by Crippen LogP contribution is 2.26. The summed E-state index contributed by atoms with van der Waals surface area (Å²) in [6.07, 6.45) is 1.71. The van der Waals surface area contributed by atoms with Crippen molar-refractivity contribution in [2.45, 2.75) is 19.1 Å². The molecular formula is C13H13NO2S. The fraction of sp³-hybridized carbons (Fsp3) is 0.231. The molecular weight excluding hydrogens is 234 g/mol. The minimum atomic E-state index is -0.610. The lowest BCUT2D eigenvalue weighted by molar-refractivity contribution is -0.124. The third kappa shape index (κ3) is 2.42. The van der Waals surface area contributed by atoms with Crippen LogP contribution in [0.3, 0.4) is 0 Å². The van der Waals surface area contributed by atoms with Crippen LogP contribution in [0.2, 0.25) is 0 Å². The molecule has 1 aliphatic rings. The zero-order valence-corrected chi connectivity index (χ0v) is 10.5. The molecule has 0 aromatic heterocycles. The Morgan fingerprint density at radius 3 is 2.53 bits per heavy atom. The van der Waals surface area contributed by atoms with Crippen molar-refractivity contribution >= 4 is 29.1 Å². The number of hydrogen-bond donors (Lipinski definition) is 0. The number of carbonyl (C=O) groups is 2. The highest BCUT2D eigenvalue weighted by Gasteiger charge is 2.30. The number of Topliss-reactive ketones (excluding diaryl/α,β-unsaturated/α-hetero) is 1. The molecule has 0 radical (unpaired) electrons. The van der Waals surface area contributed by atoms with Gasteiger partial charge in [-0.05, 0) is 31.4 Å². The number of rotatable bonds is 2. The summed E-state index contributed by atoms with van der Waals surface area (Å²) in [6.45, 7) is 3.44. The van der Waals surface area contributed by atoms with Gasteiger partial charge in [0.25, 0.3) is 5.91 Å². The van der Waals surface area contributed by atoms with Crippen LogP contribution in [0.5, 0.6) is 0 Å². The second-order valence-electron chi connectivity index (χ2n) is 3.96. The molecule has 1 aromatic rings. The second kappa shape index (κ2) is 4.75. The van der Waals surface area contributed by atoms with Gasteiger partial charge < -0.3 is 0 Å². The lowest BCUT2D eigenvalue weighted by atomic mass is 10.2. The van der Waals surface area contributed by atoms with Gasteiger partial charge in [-0.2, -0.15) is 0 Å². The van der Waals surface area contributed by atoms with Crippen LogP contribution in [0.4, 0.5) is 5.69 Å². The Labute approximate surface area is 104 Å². The number of hydrogen-bond acceptors (Lipinski definition) is 3. The summed E-state index contributed by atoms with van der Waals surface area (Å²) in [4.78, 5) is 25.0. The van der Waals surface area contributed by atoms with Crippen LogP contribution in [-0.4, -0.2) is 16.9 Å². The molecule has 1 unspecified atom stereocenters. The van der Waals surface area contributed by atoms with E-state index in [9.17, 15) is 9.59 Å². The van der Waals surface area contributed by atoms with Crippen molar-refractivity contribution in [3.8, 4) is 0 Å². The molecule has 17 heavy (non-hydrogen) atoms. The number of carbonyl (C=O) groups excluding carboxylic acids is 2. The van der Waals surface area contributed by atoms with Gasteiger partial charge in [0.15, 0.2) is 5.78 Å². The average molecular weight is 247 g/mol. The third-order valence-corrected chi connectivity index (χ3v) is 3.65. The Kier molecular flexibility index (Phi) is 3.33. The van der Waals surface area contributed by atoms with E-state index in [2.05, 4.69) is 0 Å². The van der Waals surface area contributed by atoms with Gasteiger partial charge >= 0.3 is 0 Å². The van der Waals surface area contributed by atoms with Crippen molar-refractivity contribution in [3.63, 3.8) is 0 Å². The topological polar surface area (TPSA) is 37.4 Å². The van der Waals surface area contributed by atoms with Crippen molar-refractivity contribution in [1.29, 1.82) is 0 Å². The van der Waals surface area contributed by atoms with Crippen molar-refractivity contribution in [2.75, 3.05) is 4.90 Å². The maximum Gasteiger partial charge on any atom is 0.252 e. The quantitative estimate of drug-likeness (QED) is 0.753. The molecule has 1 heterocycles. The second-order valence-corrected chi connectivity index (χ2v) is 4.97. The summed E-state index contributed by atoms with van der Waals surface area (Å²) in [7, 11) is 0. The minimum absolute atomic E-state index is 0.110. The Morgan fingerprint density at radius 2 is 1.94 bits per heavy atom. The highest BCUT2D eigenvalue weighted by molar-refractivity contribution is 8.04. The summed E-state index contributed by atoms with van der Waals surface area (Å²) in [5.74, 6) is -0.282. The van der Waals surface area contributed by atoms with E-state index in [1.54, 1.807) is 11.6 Å². The molecule has 1 aromatic carbocycles. The SMILES string of the molecule is CC(=O)C1SC=CN(c2ccc(C)cc2)C1=O. The molecule has 0 fully saturated rings. The Hall–Kier alpha value is -1.55. The van der Waals surface area contributed by atoms with Crippen LogP contribution in [0.25, 0.3) is 0 Å². The van der Waals surface area contributed by atoms with Gasteiger partial charge in [-0.25, -0.2) is 0 Å². The fourth-order valence-electron chi connectivity index (χ4n) is 1.62. The highest BCUT2D eigenvalue weighted by atomic mass is 32.2. The van der Waals surface area contributed by atoms with Gasteiger partial charge in [0.05, 0.1) is 0 Å². The number of benzene rings is 1. The predicted molar refractivity (Wildman–Crippen MR) is 69.9 cm³/mol. The van der Waals surface area contributed by atoms with Crippen LogP contribution < -0.4 is 4.90 Å². The number of nitrogens with zero attached hydrogens (tertiary/aromatic N) is 1. The Morgan fingerprint density at radius 1 is 1.29 bits per heavy atom. The smallest absolute Gasteiger partial charge is 0.252 e. The number of ketones is 1. The summed E-state index contributed by atoms with van der Waals surface area (Å²) < 4.78 is 0. The van der Waals surface area contributed by atoms with Gasteiger partial charge in [0.1, 0.15) is 5.25 Å². The summed E-state index contributed by atoms with van der Waals surface area (Å²) in [5, 5.41) is 1.18. The summed E-state index contributed by atoms with van der Waals surface area (Å²) in [6, 6.07) is 7.65. The molecule has 1 amide bonds. The Balaban J connectivity index is 2.30. The molecule has 0 bridgehead atoms. The van der Waals surface area contributed by atoms with Gasteiger partial charge in [-0.15, -0.1) is 11.8 Å². The van der Waals surface area contributed by atoms with E-state index in [4.69, 9.17) is 0 Å². The summed E-state index contributed by atoms with van der Waals surface area (Å²) >= 11 is 1.26. The lowest BCUT2D eigenvalue weighted by Crippen LogP contribution is -2.39. The van der Waals surface area contributed by atoms with Crippen LogP contribution >= 0.6 is 11.8 Å². The van der Waals surface area contributed by atoms with Crippen LogP contribution in [0.15, 0.2) is 35.9 Å². The van der Waals surface area contributed by atoms with E-state index in [0.29, 0.717) is 0 Å². The fourth-order valence-corrected chi connectivity index (χ4v) is 2.39. The van der Waals surface area contributed by atoms with Crippen LogP contribution in [-0.2, 0) is 9.59 Å². The molecule has 2 rings (SSSR count). The van der Waals surface area contributed by atoms with E-state index in [0.717, 1.165) is 11.3 Å². The minimum Gasteiger partial charge on any atom is -0.298 e. The van der Waals surface area contributed by atoms with Gasteiger partial charge in [0, 0.05) is 11.9 Å². The van der Waals surface area contributed by atoms with Crippen LogP contribution in [0, 0.1) is 6.92 Å². The van der Waals surface area contributed by atoms with E-state index in [1.807, 2.05) is 31.2 Å². The molecule has 0 N–H and O–H groups in total. The standard InChI is InChI=1S/C13H13NO2S/c1-9-3-5-11(6-4-9)14-7-8-17-12(10(2)15)13(14)16/h3-8,12H,1-2H3. The molecule has 0 saturated carbocycles. The van der Waals surface area contributed by atoms with Gasteiger partial charge in [-0.1, -0.05) is 17.7 Å². The van der Waals surface area contributed by atoms with Crippen molar-refractivity contribution in [2.24, 2.45) is 0 Å². The number of aryl methyl sites for hydroxylation is 1. The van der Waals surface area contributed by atoms with Crippen molar-refractivity contribution < 1.29 is 9.59 Å². The monoisotopic (exact) mass is 247 g/mol. The first-order valence-electron chi connectivity index (χ1n) is 5.32. The Bertz CT molecular complexity index is 479. The van der Waals surface area contributed by atoms with Crippen molar-refractivity contribution in [1.82, 2.24) is 0 Å². The number of thioether (sulfide) groups is 1. The molecule has 0 aliphatic carbocycles. The number of anilines is 1. The largest absolute Gasteiger partial charge is 0.298 e. The zero-order valence-electron chi connectivity index (χ0n) is 9.71. The first kappa shape index (κ1) is 11.9. The van der Waals surface area contributed by atoms with Gasteiger partial charge in [0.2, 0.25) is 0 Å². The van der Waals surface area contributed by atoms with E-state index >= 15 is 0 Å². The lowest BCUT2D eigenvalue weighted by Gasteiger charge is -2.25. The van der Waals surface area contributed by atoms with E-state index in [1.165, 1.54) is 23.6 Å². The maximum atomic E-state index is 12.1. The normalized spacial score (nSPS) is 19.5. The van der Waals surface area contributed by atoms with Gasteiger partial charge in [-0.3, -0.25) is 14.5 Å². The first-order valence-corrected chi connectivity index (χ1v) is 6.26. The van der Waals surface area contributed by atoms with Crippen LogP contribution in [0.1, 0.15) is 12.5 Å². The maximum absolute atomic E-state index is 12.1. The predicted octanol–water partition coefficient (Wildman–Crippen LogP) is 2.50. The molecule has 88 valence electrons. The van der Waals surface area contributed by atoms with E-state index < -0.39 is 5.25 Å². The molecule has 0 saturated heterocycles. The zero-order chi connectivity index (χ0) is 12.4. The molecule has 1 atom stereocenters.